The molecule has 0 radical (unpaired) electrons. The molecule has 1 saturated heterocycles. The molecule has 2 amide bonds. The average molecular weight is 348 g/mol. The van der Waals surface area contributed by atoms with Gasteiger partial charge in [-0.25, -0.2) is 4.98 Å². The van der Waals surface area contributed by atoms with E-state index in [0.717, 1.165) is 37.9 Å². The lowest BCUT2D eigenvalue weighted by molar-refractivity contribution is 0.0291. The molecule has 0 aromatic carbocycles. The minimum atomic E-state index is -0.160. The third kappa shape index (κ3) is 4.03. The summed E-state index contributed by atoms with van der Waals surface area (Å²) in [6, 6.07) is 0. The van der Waals surface area contributed by atoms with Crippen LogP contribution >= 0.6 is 0 Å². The molecule has 2 aliphatic rings. The second kappa shape index (κ2) is 7.99. The number of nitrogens with zero attached hydrogens (tertiary/aromatic N) is 3. The molecule has 7 heteroatoms. The van der Waals surface area contributed by atoms with E-state index in [1.54, 1.807) is 4.90 Å². The van der Waals surface area contributed by atoms with E-state index in [4.69, 9.17) is 4.74 Å². The van der Waals surface area contributed by atoms with Gasteiger partial charge in [0.15, 0.2) is 5.82 Å². The van der Waals surface area contributed by atoms with Crippen LogP contribution in [-0.2, 0) is 17.7 Å². The fraction of sp³-hybridized carbons (Fsp3) is 0.722. The summed E-state index contributed by atoms with van der Waals surface area (Å²) in [5.74, 6) is 0.695. The second-order valence-electron chi connectivity index (χ2n) is 7.18. The predicted octanol–water partition coefficient (Wildman–Crippen LogP) is 1.47. The van der Waals surface area contributed by atoms with E-state index in [1.165, 1.54) is 0 Å². The Morgan fingerprint density at radius 1 is 1.20 bits per heavy atom. The maximum absolute atomic E-state index is 12.9. The number of carbonyl (C=O) groups is 2. The molecular weight excluding hydrogens is 320 g/mol. The number of hydrogen-bond donors (Lipinski definition) is 1. The Hall–Kier alpha value is -1.89. The van der Waals surface area contributed by atoms with Gasteiger partial charge in [0.2, 0.25) is 0 Å². The van der Waals surface area contributed by atoms with Crippen molar-refractivity contribution in [2.24, 2.45) is 5.92 Å². The van der Waals surface area contributed by atoms with Crippen LogP contribution in [-0.4, -0.2) is 59.1 Å². The number of amides is 2. The number of morpholine rings is 1. The lowest BCUT2D eigenvalue weighted by atomic mass is 10.1. The van der Waals surface area contributed by atoms with Crippen molar-refractivity contribution in [2.75, 3.05) is 32.8 Å². The summed E-state index contributed by atoms with van der Waals surface area (Å²) in [7, 11) is 0. The molecule has 0 unspecified atom stereocenters. The van der Waals surface area contributed by atoms with E-state index in [9.17, 15) is 9.59 Å². The van der Waals surface area contributed by atoms with E-state index in [1.807, 2.05) is 4.57 Å². The molecule has 25 heavy (non-hydrogen) atoms. The first-order chi connectivity index (χ1) is 12.1. The summed E-state index contributed by atoms with van der Waals surface area (Å²) in [5, 5.41) is 2.95. The summed E-state index contributed by atoms with van der Waals surface area (Å²) in [4.78, 5) is 31.7. The van der Waals surface area contributed by atoms with Crippen LogP contribution in [0.2, 0.25) is 0 Å². The SMILES string of the molecule is CC(C)CCNC(=O)c1nc(C(=O)N2CCOCC2)n2c1CCCC2. The van der Waals surface area contributed by atoms with E-state index < -0.39 is 0 Å². The van der Waals surface area contributed by atoms with Crippen LogP contribution < -0.4 is 5.32 Å². The summed E-state index contributed by atoms with van der Waals surface area (Å²) < 4.78 is 7.28. The highest BCUT2D eigenvalue weighted by atomic mass is 16.5. The van der Waals surface area contributed by atoms with E-state index >= 15 is 0 Å². The lowest BCUT2D eigenvalue weighted by Crippen LogP contribution is -2.42. The van der Waals surface area contributed by atoms with Crippen LogP contribution in [0.5, 0.6) is 0 Å². The first-order valence-corrected chi connectivity index (χ1v) is 9.32. The number of nitrogens with one attached hydrogen (secondary N) is 1. The quantitative estimate of drug-likeness (QED) is 0.874. The van der Waals surface area contributed by atoms with Gasteiger partial charge in [-0.05, 0) is 31.6 Å². The highest BCUT2D eigenvalue weighted by Crippen LogP contribution is 2.22. The van der Waals surface area contributed by atoms with Gasteiger partial charge < -0.3 is 19.5 Å². The molecule has 1 N–H and O–H groups in total. The predicted molar refractivity (Wildman–Crippen MR) is 93.7 cm³/mol. The van der Waals surface area contributed by atoms with E-state index in [0.29, 0.717) is 50.3 Å². The molecule has 1 aromatic heterocycles. The van der Waals surface area contributed by atoms with Crippen LogP contribution in [0, 0.1) is 5.92 Å². The number of ether oxygens (including phenoxy) is 1. The van der Waals surface area contributed by atoms with E-state index in [-0.39, 0.29) is 11.8 Å². The molecular formula is C18H28N4O3. The first-order valence-electron chi connectivity index (χ1n) is 9.32. The highest BCUT2D eigenvalue weighted by Gasteiger charge is 2.30. The van der Waals surface area contributed by atoms with Crippen LogP contribution in [0.4, 0.5) is 0 Å². The van der Waals surface area contributed by atoms with Gasteiger partial charge in [0.25, 0.3) is 11.8 Å². The molecule has 1 aromatic rings. The van der Waals surface area contributed by atoms with Gasteiger partial charge in [0, 0.05) is 26.2 Å². The fourth-order valence-electron chi connectivity index (χ4n) is 3.35. The maximum Gasteiger partial charge on any atom is 0.290 e. The second-order valence-corrected chi connectivity index (χ2v) is 7.18. The molecule has 0 bridgehead atoms. The molecule has 1 fully saturated rings. The summed E-state index contributed by atoms with van der Waals surface area (Å²) in [6.07, 6.45) is 3.78. The molecule has 0 spiro atoms. The van der Waals surface area contributed by atoms with Crippen LogP contribution in [0.15, 0.2) is 0 Å². The summed E-state index contributed by atoms with van der Waals surface area (Å²) in [5.41, 5.74) is 1.34. The molecule has 0 saturated carbocycles. The van der Waals surface area contributed by atoms with Gasteiger partial charge >= 0.3 is 0 Å². The van der Waals surface area contributed by atoms with Gasteiger partial charge in [-0.3, -0.25) is 9.59 Å². The zero-order valence-electron chi connectivity index (χ0n) is 15.2. The van der Waals surface area contributed by atoms with Crippen LogP contribution in [0.25, 0.3) is 0 Å². The number of aromatic nitrogens is 2. The molecule has 3 heterocycles. The van der Waals surface area contributed by atoms with Crippen LogP contribution in [0.1, 0.15) is 59.9 Å². The van der Waals surface area contributed by atoms with Gasteiger partial charge in [0.1, 0.15) is 5.69 Å². The topological polar surface area (TPSA) is 76.5 Å². The summed E-state index contributed by atoms with van der Waals surface area (Å²) >= 11 is 0. The Labute approximate surface area is 148 Å². The van der Waals surface area contributed by atoms with Crippen molar-refractivity contribution in [1.82, 2.24) is 19.8 Å². The molecule has 0 aliphatic carbocycles. The standard InChI is InChI=1S/C18H28N4O3/c1-13(2)6-7-19-17(23)15-14-5-3-4-8-22(14)16(20-15)18(24)21-9-11-25-12-10-21/h13H,3-12H2,1-2H3,(H,19,23). The zero-order chi connectivity index (χ0) is 17.8. The first kappa shape index (κ1) is 17.9. The Bertz CT molecular complexity index is 633. The number of rotatable bonds is 5. The molecule has 7 nitrogen and oxygen atoms in total. The lowest BCUT2D eigenvalue weighted by Gasteiger charge is -2.27. The Morgan fingerprint density at radius 2 is 1.96 bits per heavy atom. The van der Waals surface area contributed by atoms with Crippen molar-refractivity contribution in [3.05, 3.63) is 17.2 Å². The number of fused-ring (bicyclic) bond motifs is 1. The third-order valence-corrected chi connectivity index (χ3v) is 4.83. The normalized spacial score (nSPS) is 17.5. The smallest absolute Gasteiger partial charge is 0.290 e. The Kier molecular flexibility index (Phi) is 5.73. The van der Waals surface area contributed by atoms with Crippen molar-refractivity contribution in [1.29, 1.82) is 0 Å². The van der Waals surface area contributed by atoms with Crippen molar-refractivity contribution in [3.8, 4) is 0 Å². The minimum Gasteiger partial charge on any atom is -0.378 e. The highest BCUT2D eigenvalue weighted by molar-refractivity contribution is 5.97. The van der Waals surface area contributed by atoms with Gasteiger partial charge in [-0.15, -0.1) is 0 Å². The molecule has 2 aliphatic heterocycles. The van der Waals surface area contributed by atoms with Gasteiger partial charge in [-0.2, -0.15) is 0 Å². The Morgan fingerprint density at radius 3 is 2.68 bits per heavy atom. The van der Waals surface area contributed by atoms with Crippen molar-refractivity contribution in [3.63, 3.8) is 0 Å². The van der Waals surface area contributed by atoms with Crippen molar-refractivity contribution < 1.29 is 14.3 Å². The number of carbonyl (C=O) groups excluding carboxylic acids is 2. The van der Waals surface area contributed by atoms with Gasteiger partial charge in [0.05, 0.1) is 18.9 Å². The zero-order valence-corrected chi connectivity index (χ0v) is 15.2. The van der Waals surface area contributed by atoms with Crippen LogP contribution in [0.3, 0.4) is 0 Å². The maximum atomic E-state index is 12.9. The molecule has 3 rings (SSSR count). The largest absolute Gasteiger partial charge is 0.378 e. The monoisotopic (exact) mass is 348 g/mol. The third-order valence-electron chi connectivity index (χ3n) is 4.83. The number of hydrogen-bond acceptors (Lipinski definition) is 4. The minimum absolute atomic E-state index is 0.0901. The number of imidazole rings is 1. The fourth-order valence-corrected chi connectivity index (χ4v) is 3.35. The Balaban J connectivity index is 1.80. The van der Waals surface area contributed by atoms with Gasteiger partial charge in [-0.1, -0.05) is 13.8 Å². The van der Waals surface area contributed by atoms with Crippen molar-refractivity contribution in [2.45, 2.75) is 46.1 Å². The average Bonchev–Trinajstić information content (AvgIpc) is 3.01. The van der Waals surface area contributed by atoms with E-state index in [2.05, 4.69) is 24.1 Å². The summed E-state index contributed by atoms with van der Waals surface area (Å²) in [6.45, 7) is 7.92. The molecule has 0 atom stereocenters. The molecule has 138 valence electrons. The van der Waals surface area contributed by atoms with Crippen molar-refractivity contribution >= 4 is 11.8 Å².